The second-order valence-corrected chi connectivity index (χ2v) is 18.7. The second-order valence-electron chi connectivity index (χ2n) is 18.7. The van der Waals surface area contributed by atoms with Crippen molar-refractivity contribution < 1.29 is 46.1 Å². The van der Waals surface area contributed by atoms with E-state index in [0.29, 0.717) is 56.9 Å². The maximum Gasteiger partial charge on any atom is 0.416 e. The van der Waals surface area contributed by atoms with Crippen LogP contribution in [0.4, 0.5) is 26.3 Å². The number of nitrogens with zero attached hydrogens (tertiary/aromatic N) is 6. The highest BCUT2D eigenvalue weighted by molar-refractivity contribution is 5.86. The summed E-state index contributed by atoms with van der Waals surface area (Å²) in [5, 5.41) is 43.8. The topological polar surface area (TPSA) is 157 Å². The minimum atomic E-state index is -4.43. The molecule has 0 spiro atoms. The number of amides is 2. The molecule has 4 aliphatic rings. The lowest BCUT2D eigenvalue weighted by Crippen LogP contribution is -2.62. The summed E-state index contributed by atoms with van der Waals surface area (Å²) in [4.78, 5) is 29.7. The van der Waals surface area contributed by atoms with Gasteiger partial charge in [0.25, 0.3) is 0 Å². The molecule has 2 unspecified atom stereocenters. The van der Waals surface area contributed by atoms with E-state index in [1.165, 1.54) is 24.5 Å². The quantitative estimate of drug-likeness (QED) is 0.0939. The van der Waals surface area contributed by atoms with E-state index in [2.05, 4.69) is 40.8 Å². The van der Waals surface area contributed by atoms with Crippen molar-refractivity contribution in [3.8, 4) is 0 Å². The van der Waals surface area contributed by atoms with E-state index in [-0.39, 0.29) is 61.8 Å². The van der Waals surface area contributed by atoms with Crippen LogP contribution in [-0.4, -0.2) is 115 Å². The van der Waals surface area contributed by atoms with Gasteiger partial charge in [0.1, 0.15) is 0 Å². The van der Waals surface area contributed by atoms with E-state index < -0.39 is 23.5 Å². The monoisotopic (exact) mass is 928 g/mol. The number of likely N-dealkylation sites (tertiary alicyclic amines) is 2. The van der Waals surface area contributed by atoms with Gasteiger partial charge in [-0.1, -0.05) is 26.0 Å². The number of benzene rings is 2. The Morgan fingerprint density at radius 3 is 1.32 bits per heavy atom. The second kappa shape index (κ2) is 21.6. The predicted octanol–water partition coefficient (Wildman–Crippen LogP) is 7.42. The SMILES string of the molecule is CCC(O)C1CCC(N2CC(NC(=O)CCc3nncc4ccc(C(F)(F)F)cc34)C2)CC1.CCC(O)C1CCC(N2CC(NC(=O)CCc3nncc4ccc(C(F)(F)F)cc34)C2)CC1. The van der Waals surface area contributed by atoms with Gasteiger partial charge in [0.15, 0.2) is 0 Å². The Bertz CT molecular complexity index is 2100. The smallest absolute Gasteiger partial charge is 0.393 e. The van der Waals surface area contributed by atoms with E-state index in [1.807, 2.05) is 13.8 Å². The van der Waals surface area contributed by atoms with E-state index in [0.717, 1.165) is 115 Å². The van der Waals surface area contributed by atoms with Crippen molar-refractivity contribution in [1.82, 2.24) is 40.8 Å². The molecule has 2 saturated heterocycles. The molecule has 2 amide bonds. The van der Waals surface area contributed by atoms with Crippen molar-refractivity contribution in [1.29, 1.82) is 0 Å². The summed E-state index contributed by atoms with van der Waals surface area (Å²) in [6, 6.07) is 8.23. The van der Waals surface area contributed by atoms with Gasteiger partial charge in [-0.05, 0) is 100 Å². The van der Waals surface area contributed by atoms with Crippen molar-refractivity contribution in [2.75, 3.05) is 26.2 Å². The Morgan fingerprint density at radius 2 is 0.985 bits per heavy atom. The first-order chi connectivity index (χ1) is 31.5. The number of carbonyl (C=O) groups is 2. The molecule has 2 aliphatic heterocycles. The van der Waals surface area contributed by atoms with Crippen molar-refractivity contribution in [2.45, 2.75) is 152 Å². The third kappa shape index (κ3) is 12.5. The van der Waals surface area contributed by atoms with E-state index >= 15 is 0 Å². The van der Waals surface area contributed by atoms with E-state index in [9.17, 15) is 46.1 Å². The van der Waals surface area contributed by atoms with Gasteiger partial charge in [0, 0.05) is 85.5 Å². The third-order valence-electron chi connectivity index (χ3n) is 14.3. The molecule has 4 N–H and O–H groups in total. The van der Waals surface area contributed by atoms with E-state index in [4.69, 9.17) is 0 Å². The lowest BCUT2D eigenvalue weighted by Gasteiger charge is -2.47. The van der Waals surface area contributed by atoms with Gasteiger partial charge in [0.05, 0.1) is 59.2 Å². The van der Waals surface area contributed by atoms with Crippen LogP contribution in [0.1, 0.15) is 113 Å². The van der Waals surface area contributed by atoms with Crippen molar-refractivity contribution in [3.05, 3.63) is 71.3 Å². The molecule has 0 radical (unpaired) electrons. The number of hydrogen-bond acceptors (Lipinski definition) is 10. The van der Waals surface area contributed by atoms with Crippen LogP contribution < -0.4 is 10.6 Å². The number of aliphatic hydroxyl groups is 2. The predicted molar refractivity (Wildman–Crippen MR) is 237 cm³/mol. The number of carbonyl (C=O) groups excluding carboxylic acids is 2. The molecule has 360 valence electrons. The van der Waals surface area contributed by atoms with Gasteiger partial charge < -0.3 is 20.8 Å². The van der Waals surface area contributed by atoms with Crippen LogP contribution in [0.3, 0.4) is 0 Å². The van der Waals surface area contributed by atoms with Crippen LogP contribution in [0.25, 0.3) is 21.5 Å². The fraction of sp³-hybridized carbons (Fsp3) is 0.625. The molecule has 12 nitrogen and oxygen atoms in total. The number of aryl methyl sites for hydroxylation is 2. The minimum Gasteiger partial charge on any atom is -0.393 e. The summed E-state index contributed by atoms with van der Waals surface area (Å²) in [6.45, 7) is 7.32. The zero-order valence-electron chi connectivity index (χ0n) is 37.6. The number of nitrogens with one attached hydrogen (secondary N) is 2. The first-order valence-electron chi connectivity index (χ1n) is 23.5. The van der Waals surface area contributed by atoms with Gasteiger partial charge in [-0.3, -0.25) is 19.4 Å². The number of aromatic nitrogens is 4. The molecule has 2 aliphatic carbocycles. The van der Waals surface area contributed by atoms with Gasteiger partial charge in [0.2, 0.25) is 11.8 Å². The highest BCUT2D eigenvalue weighted by Crippen LogP contribution is 2.36. The normalized spacial score (nSPS) is 23.3. The van der Waals surface area contributed by atoms with Gasteiger partial charge >= 0.3 is 12.4 Å². The lowest BCUT2D eigenvalue weighted by molar-refractivity contribution is -0.138. The molecule has 0 bridgehead atoms. The molecule has 8 rings (SSSR count). The Labute approximate surface area is 381 Å². The fourth-order valence-corrected chi connectivity index (χ4v) is 10.2. The summed E-state index contributed by atoms with van der Waals surface area (Å²) in [7, 11) is 0. The highest BCUT2D eigenvalue weighted by Gasteiger charge is 2.38. The number of hydrogen-bond donors (Lipinski definition) is 4. The zero-order valence-corrected chi connectivity index (χ0v) is 37.6. The molecule has 18 heteroatoms. The maximum absolute atomic E-state index is 13.1. The number of fused-ring (bicyclic) bond motifs is 2. The van der Waals surface area contributed by atoms with Crippen molar-refractivity contribution >= 4 is 33.4 Å². The zero-order chi connectivity index (χ0) is 47.2. The van der Waals surface area contributed by atoms with Crippen LogP contribution in [-0.2, 0) is 34.8 Å². The van der Waals surface area contributed by atoms with Gasteiger partial charge in [-0.2, -0.15) is 46.7 Å². The Balaban J connectivity index is 0.000000196. The standard InChI is InChI=1S/2C24H31F3N4O2/c2*1-2-22(32)15-4-7-19(8-5-15)31-13-18(14-31)29-23(33)10-9-21-20-11-17(24(25,26)27)6-3-16(20)12-28-30-21/h2*3,6,11-12,15,18-19,22,32H,2,4-5,7-10,13-14H2,1H3,(H,29,33). The number of aliphatic hydroxyl groups excluding tert-OH is 2. The van der Waals surface area contributed by atoms with Crippen LogP contribution in [0.2, 0.25) is 0 Å². The van der Waals surface area contributed by atoms with Crippen LogP contribution in [0, 0.1) is 11.8 Å². The van der Waals surface area contributed by atoms with Crippen molar-refractivity contribution in [3.63, 3.8) is 0 Å². The molecular formula is C48H62F6N8O4. The van der Waals surface area contributed by atoms with Crippen LogP contribution >= 0.6 is 0 Å². The van der Waals surface area contributed by atoms with Gasteiger partial charge in [-0.25, -0.2) is 0 Å². The molecule has 2 aromatic heterocycles. The van der Waals surface area contributed by atoms with Crippen LogP contribution in [0.5, 0.6) is 0 Å². The Kier molecular flexibility index (Phi) is 16.2. The molecule has 2 saturated carbocycles. The number of halogens is 6. The summed E-state index contributed by atoms with van der Waals surface area (Å²) < 4.78 is 78.4. The molecular weight excluding hydrogens is 867 g/mol. The number of alkyl halides is 6. The molecule has 4 aromatic rings. The maximum atomic E-state index is 13.1. The summed E-state index contributed by atoms with van der Waals surface area (Å²) in [6.07, 6.45) is 4.54. The molecule has 2 aromatic carbocycles. The summed E-state index contributed by atoms with van der Waals surface area (Å²) in [5.74, 6) is 0.570. The largest absolute Gasteiger partial charge is 0.416 e. The van der Waals surface area contributed by atoms with Gasteiger partial charge in [-0.15, -0.1) is 0 Å². The van der Waals surface area contributed by atoms with Crippen LogP contribution in [0.15, 0.2) is 48.8 Å². The Morgan fingerprint density at radius 1 is 0.621 bits per heavy atom. The summed E-state index contributed by atoms with van der Waals surface area (Å²) >= 11 is 0. The van der Waals surface area contributed by atoms with E-state index in [1.54, 1.807) is 0 Å². The average Bonchev–Trinajstić information content (AvgIpc) is 3.28. The number of rotatable bonds is 14. The first kappa shape index (κ1) is 49.4. The Hall–Kier alpha value is -4.52. The summed E-state index contributed by atoms with van der Waals surface area (Å²) in [5.41, 5.74) is -0.673. The minimum absolute atomic E-state index is 0.104. The van der Waals surface area contributed by atoms with Crippen molar-refractivity contribution in [2.24, 2.45) is 11.8 Å². The third-order valence-corrected chi connectivity index (χ3v) is 14.3. The molecule has 4 heterocycles. The average molecular weight is 929 g/mol. The first-order valence-corrected chi connectivity index (χ1v) is 23.5. The molecule has 4 fully saturated rings. The molecule has 66 heavy (non-hydrogen) atoms. The fourth-order valence-electron chi connectivity index (χ4n) is 10.2. The lowest BCUT2D eigenvalue weighted by atomic mass is 9.80. The highest BCUT2D eigenvalue weighted by atomic mass is 19.4. The molecule has 2 atom stereocenters.